The number of aryl methyl sites for hydroxylation is 2. The largest absolute Gasteiger partial charge is 0.395 e. The maximum absolute atomic E-state index is 12.2. The summed E-state index contributed by atoms with van der Waals surface area (Å²) in [6.45, 7) is 4.02. The topological polar surface area (TPSA) is 49.3 Å². The van der Waals surface area contributed by atoms with Crippen LogP contribution in [-0.4, -0.2) is 17.6 Å². The highest BCUT2D eigenvalue weighted by atomic mass is 32.1. The van der Waals surface area contributed by atoms with Crippen LogP contribution in [0.25, 0.3) is 0 Å². The van der Waals surface area contributed by atoms with Crippen molar-refractivity contribution in [1.82, 2.24) is 0 Å². The van der Waals surface area contributed by atoms with Crippen molar-refractivity contribution in [2.75, 3.05) is 11.9 Å². The summed E-state index contributed by atoms with van der Waals surface area (Å²) in [5, 5.41) is 11.6. The van der Waals surface area contributed by atoms with Crippen molar-refractivity contribution in [1.29, 1.82) is 0 Å². The molecule has 2 N–H and O–H groups in total. The summed E-state index contributed by atoms with van der Waals surface area (Å²) in [5.41, 5.74) is 2.98. The first kappa shape index (κ1) is 15.3. The lowest BCUT2D eigenvalue weighted by molar-refractivity contribution is 0.103. The monoisotopic (exact) mass is 299 g/mol. The predicted molar refractivity (Wildman–Crippen MR) is 86.8 cm³/mol. The Morgan fingerprint density at radius 2 is 2.10 bits per heavy atom. The molecular weight excluding hydrogens is 282 g/mol. The van der Waals surface area contributed by atoms with E-state index in [0.717, 1.165) is 21.7 Å². The minimum absolute atomic E-state index is 0.0539. The maximum atomic E-state index is 12.2. The van der Waals surface area contributed by atoms with E-state index in [2.05, 4.69) is 17.2 Å². The third-order valence-electron chi connectivity index (χ3n) is 2.92. The van der Waals surface area contributed by atoms with Crippen LogP contribution in [0.4, 0.5) is 5.69 Å². The molecular formula is C17H17NO2S. The number of amides is 1. The van der Waals surface area contributed by atoms with Crippen molar-refractivity contribution in [2.45, 2.75) is 20.3 Å². The number of benzene rings is 1. The van der Waals surface area contributed by atoms with Crippen molar-refractivity contribution in [2.24, 2.45) is 0 Å². The predicted octanol–water partition coefficient (Wildman–Crippen LogP) is 3.35. The number of hydrogen-bond acceptors (Lipinski definition) is 3. The molecule has 2 rings (SSSR count). The minimum atomic E-state index is -0.121. The summed E-state index contributed by atoms with van der Waals surface area (Å²) in [6.07, 6.45) is 0.446. The van der Waals surface area contributed by atoms with E-state index in [0.29, 0.717) is 11.3 Å². The highest BCUT2D eigenvalue weighted by Gasteiger charge is 2.10. The smallest absolute Gasteiger partial charge is 0.265 e. The molecule has 0 aliphatic heterocycles. The number of carbonyl (C=O) groups excluding carboxylic acids is 1. The van der Waals surface area contributed by atoms with Gasteiger partial charge in [0, 0.05) is 12.1 Å². The first-order valence-corrected chi connectivity index (χ1v) is 7.50. The highest BCUT2D eigenvalue weighted by Crippen LogP contribution is 2.20. The second-order valence-corrected chi connectivity index (χ2v) is 5.80. The number of anilines is 1. The molecule has 0 bridgehead atoms. The average Bonchev–Trinajstić information content (AvgIpc) is 2.92. The van der Waals surface area contributed by atoms with Gasteiger partial charge >= 0.3 is 0 Å². The normalized spacial score (nSPS) is 9.86. The molecule has 0 saturated carbocycles. The number of carbonyl (C=O) groups is 1. The van der Waals surface area contributed by atoms with Crippen molar-refractivity contribution in [3.63, 3.8) is 0 Å². The first-order chi connectivity index (χ1) is 10.1. The van der Waals surface area contributed by atoms with Crippen molar-refractivity contribution in [3.8, 4) is 11.8 Å². The SMILES string of the molecule is Cc1ccc(C)c(NC(=O)c2ccc(C#CCCO)s2)c1. The van der Waals surface area contributed by atoms with E-state index >= 15 is 0 Å². The zero-order valence-electron chi connectivity index (χ0n) is 12.1. The van der Waals surface area contributed by atoms with Crippen LogP contribution in [0.1, 0.15) is 32.1 Å². The molecule has 21 heavy (non-hydrogen) atoms. The van der Waals surface area contributed by atoms with E-state index in [9.17, 15) is 4.79 Å². The molecule has 0 unspecified atom stereocenters. The van der Waals surface area contributed by atoms with Crippen LogP contribution >= 0.6 is 11.3 Å². The summed E-state index contributed by atoms with van der Waals surface area (Å²) in [5.74, 6) is 5.66. The number of rotatable bonds is 3. The zero-order valence-corrected chi connectivity index (χ0v) is 12.9. The molecule has 1 amide bonds. The van der Waals surface area contributed by atoms with Gasteiger partial charge < -0.3 is 10.4 Å². The maximum Gasteiger partial charge on any atom is 0.265 e. The van der Waals surface area contributed by atoms with E-state index < -0.39 is 0 Å². The fraction of sp³-hybridized carbons (Fsp3) is 0.235. The number of nitrogens with one attached hydrogen (secondary N) is 1. The Labute approximate surface area is 128 Å². The first-order valence-electron chi connectivity index (χ1n) is 6.68. The third-order valence-corrected chi connectivity index (χ3v) is 3.92. The van der Waals surface area contributed by atoms with Gasteiger partial charge in [-0.15, -0.1) is 11.3 Å². The van der Waals surface area contributed by atoms with Gasteiger partial charge in [0.1, 0.15) is 0 Å². The number of aliphatic hydroxyl groups is 1. The lowest BCUT2D eigenvalue weighted by Crippen LogP contribution is -2.11. The van der Waals surface area contributed by atoms with E-state index in [-0.39, 0.29) is 12.5 Å². The lowest BCUT2D eigenvalue weighted by Gasteiger charge is -2.08. The fourth-order valence-electron chi connectivity index (χ4n) is 1.79. The highest BCUT2D eigenvalue weighted by molar-refractivity contribution is 7.14. The van der Waals surface area contributed by atoms with Gasteiger partial charge in [-0.3, -0.25) is 4.79 Å². The molecule has 0 spiro atoms. The standard InChI is InChI=1S/C17H17NO2S/c1-12-6-7-13(2)15(11-12)18-17(20)16-9-8-14(21-16)5-3-4-10-19/h6-9,11,19H,4,10H2,1-2H3,(H,18,20). The van der Waals surface area contributed by atoms with Crippen LogP contribution in [0, 0.1) is 25.7 Å². The molecule has 3 nitrogen and oxygen atoms in total. The summed E-state index contributed by atoms with van der Waals surface area (Å²) in [4.78, 5) is 13.7. The van der Waals surface area contributed by atoms with Gasteiger partial charge in [-0.05, 0) is 43.2 Å². The second-order valence-electron chi connectivity index (χ2n) is 4.71. The Morgan fingerprint density at radius 3 is 2.86 bits per heavy atom. The molecule has 0 aliphatic carbocycles. The molecule has 1 heterocycles. The summed E-state index contributed by atoms with van der Waals surface area (Å²) in [6, 6.07) is 9.57. The quantitative estimate of drug-likeness (QED) is 0.854. The van der Waals surface area contributed by atoms with Crippen LogP contribution in [0.5, 0.6) is 0 Å². The fourth-order valence-corrected chi connectivity index (χ4v) is 2.56. The van der Waals surface area contributed by atoms with Crippen molar-refractivity contribution < 1.29 is 9.90 Å². The van der Waals surface area contributed by atoms with Crippen molar-refractivity contribution in [3.05, 3.63) is 51.2 Å². The molecule has 0 atom stereocenters. The van der Waals surface area contributed by atoms with Crippen molar-refractivity contribution >= 4 is 22.9 Å². The van der Waals surface area contributed by atoms with Crippen LogP contribution in [-0.2, 0) is 0 Å². The molecule has 108 valence electrons. The minimum Gasteiger partial charge on any atom is -0.395 e. The molecule has 1 aromatic heterocycles. The van der Waals surface area contributed by atoms with Crippen LogP contribution in [0.2, 0.25) is 0 Å². The van der Waals surface area contributed by atoms with Gasteiger partial charge in [0.2, 0.25) is 0 Å². The molecule has 0 saturated heterocycles. The Hall–Kier alpha value is -2.09. The van der Waals surface area contributed by atoms with E-state index in [1.54, 1.807) is 6.07 Å². The number of thiophene rings is 1. The Bertz CT molecular complexity index is 707. The van der Waals surface area contributed by atoms with E-state index in [1.807, 2.05) is 38.1 Å². The van der Waals surface area contributed by atoms with Gasteiger partial charge in [-0.1, -0.05) is 24.0 Å². The van der Waals surface area contributed by atoms with Gasteiger partial charge in [-0.2, -0.15) is 0 Å². The molecule has 4 heteroatoms. The Kier molecular flexibility index (Phi) is 5.15. The summed E-state index contributed by atoms with van der Waals surface area (Å²) in [7, 11) is 0. The van der Waals surface area contributed by atoms with Crippen LogP contribution in [0.3, 0.4) is 0 Å². The van der Waals surface area contributed by atoms with E-state index in [1.165, 1.54) is 11.3 Å². The lowest BCUT2D eigenvalue weighted by atomic mass is 10.1. The van der Waals surface area contributed by atoms with Crippen LogP contribution < -0.4 is 5.32 Å². The molecule has 0 fully saturated rings. The number of aliphatic hydroxyl groups excluding tert-OH is 1. The van der Waals surface area contributed by atoms with Gasteiger partial charge in [0.15, 0.2) is 0 Å². The second kappa shape index (κ2) is 7.07. The molecule has 1 aromatic carbocycles. The Balaban J connectivity index is 2.11. The Morgan fingerprint density at radius 1 is 1.29 bits per heavy atom. The summed E-state index contributed by atoms with van der Waals surface area (Å²) >= 11 is 1.35. The molecule has 0 radical (unpaired) electrons. The van der Waals surface area contributed by atoms with E-state index in [4.69, 9.17) is 5.11 Å². The zero-order chi connectivity index (χ0) is 15.2. The summed E-state index contributed by atoms with van der Waals surface area (Å²) < 4.78 is 0. The number of hydrogen-bond donors (Lipinski definition) is 2. The molecule has 0 aliphatic rings. The van der Waals surface area contributed by atoms with Gasteiger partial charge in [0.05, 0.1) is 16.4 Å². The average molecular weight is 299 g/mol. The van der Waals surface area contributed by atoms with Gasteiger partial charge in [-0.25, -0.2) is 0 Å². The molecule has 2 aromatic rings. The van der Waals surface area contributed by atoms with Crippen LogP contribution in [0.15, 0.2) is 30.3 Å². The third kappa shape index (κ3) is 4.19. The van der Waals surface area contributed by atoms with Gasteiger partial charge in [0.25, 0.3) is 5.91 Å².